The van der Waals surface area contributed by atoms with Crippen LogP contribution in [0.4, 0.5) is 5.69 Å². The highest BCUT2D eigenvalue weighted by molar-refractivity contribution is 7.11. The first kappa shape index (κ1) is 15.8. The summed E-state index contributed by atoms with van der Waals surface area (Å²) in [6.07, 6.45) is 0. The normalized spacial score (nSPS) is 12.5. The van der Waals surface area contributed by atoms with Crippen molar-refractivity contribution in [2.24, 2.45) is 0 Å². The summed E-state index contributed by atoms with van der Waals surface area (Å²) >= 11 is 1.53. The van der Waals surface area contributed by atoms with Crippen LogP contribution in [-0.4, -0.2) is 9.50 Å². The molecule has 0 radical (unpaired) electrons. The molecule has 1 heterocycles. The van der Waals surface area contributed by atoms with Crippen LogP contribution in [0, 0.1) is 0 Å². The highest BCUT2D eigenvalue weighted by Gasteiger charge is 2.25. The number of nitrogens with zero attached hydrogens (tertiary/aromatic N) is 1. The number of hydrogen-bond donors (Lipinski definition) is 1. The molecule has 0 saturated carbocycles. The maximum absolute atomic E-state index is 12.8. The van der Waals surface area contributed by atoms with Crippen LogP contribution in [0.1, 0.15) is 41.5 Å². The maximum atomic E-state index is 12.8. The van der Waals surface area contributed by atoms with E-state index in [1.165, 1.54) is 11.5 Å². The molecule has 2 aromatic rings. The Morgan fingerprint density at radius 1 is 1.00 bits per heavy atom. The van der Waals surface area contributed by atoms with E-state index in [1.807, 2.05) is 34.3 Å². The van der Waals surface area contributed by atoms with Crippen LogP contribution in [0.5, 0.6) is 0 Å². The molecule has 0 spiro atoms. The molecule has 1 N–H and O–H groups in total. The Balaban J connectivity index is 2.66. The molecule has 0 atom stereocenters. The number of rotatable bonds is 2. The van der Waals surface area contributed by atoms with Crippen LogP contribution >= 0.6 is 11.5 Å². The maximum Gasteiger partial charge on any atom is 0.285 e. The molecule has 2 rings (SSSR count). The molecule has 0 aliphatic rings. The lowest BCUT2D eigenvalue weighted by molar-refractivity contribution is 0.419. The van der Waals surface area contributed by atoms with Crippen LogP contribution in [-0.2, 0) is 5.54 Å². The third kappa shape index (κ3) is 3.56. The number of aromatic nitrogens is 1. The summed E-state index contributed by atoms with van der Waals surface area (Å²) < 4.78 is 1.85. The van der Waals surface area contributed by atoms with Crippen LogP contribution in [0.25, 0.3) is 10.4 Å². The van der Waals surface area contributed by atoms with Gasteiger partial charge in [-0.15, -0.1) is 0 Å². The van der Waals surface area contributed by atoms with E-state index in [9.17, 15) is 4.79 Å². The minimum absolute atomic E-state index is 0.0567. The van der Waals surface area contributed by atoms with Gasteiger partial charge in [-0.05, 0) is 47.1 Å². The summed E-state index contributed by atoms with van der Waals surface area (Å²) in [4.78, 5) is 13.8. The predicted octanol–water partition coefficient (Wildman–Crippen LogP) is 4.54. The molecule has 0 fully saturated rings. The van der Waals surface area contributed by atoms with Gasteiger partial charge in [-0.1, -0.05) is 41.9 Å². The van der Waals surface area contributed by atoms with Gasteiger partial charge in [0.15, 0.2) is 0 Å². The van der Waals surface area contributed by atoms with E-state index >= 15 is 0 Å². The summed E-state index contributed by atoms with van der Waals surface area (Å²) in [6.45, 7) is 12.4. The Labute approximate surface area is 130 Å². The molecule has 0 bridgehead atoms. The summed E-state index contributed by atoms with van der Waals surface area (Å²) in [7, 11) is 0. The molecule has 1 aromatic carbocycles. The van der Waals surface area contributed by atoms with Crippen molar-refractivity contribution >= 4 is 17.2 Å². The molecular formula is C17H24N2OS. The summed E-state index contributed by atoms with van der Waals surface area (Å²) in [5.41, 5.74) is 1.46. The van der Waals surface area contributed by atoms with Crippen LogP contribution in [0.15, 0.2) is 35.1 Å². The smallest absolute Gasteiger partial charge is 0.285 e. The number of hydrogen-bond acceptors (Lipinski definition) is 3. The van der Waals surface area contributed by atoms with Gasteiger partial charge in [0.25, 0.3) is 5.56 Å². The molecule has 0 aliphatic carbocycles. The van der Waals surface area contributed by atoms with E-state index in [0.29, 0.717) is 5.69 Å². The van der Waals surface area contributed by atoms with Gasteiger partial charge in [-0.3, -0.25) is 8.75 Å². The Morgan fingerprint density at radius 3 is 2.05 bits per heavy atom. The predicted molar refractivity (Wildman–Crippen MR) is 92.4 cm³/mol. The van der Waals surface area contributed by atoms with E-state index in [2.05, 4.69) is 46.9 Å². The second-order valence-corrected chi connectivity index (χ2v) is 8.26. The van der Waals surface area contributed by atoms with Gasteiger partial charge in [-0.25, -0.2) is 0 Å². The molecule has 114 valence electrons. The molecule has 0 amide bonds. The van der Waals surface area contributed by atoms with Gasteiger partial charge in [0, 0.05) is 5.54 Å². The third-order valence-electron chi connectivity index (χ3n) is 2.95. The van der Waals surface area contributed by atoms with Crippen molar-refractivity contribution in [3.05, 3.63) is 40.7 Å². The lowest BCUT2D eigenvalue weighted by Crippen LogP contribution is -2.34. The Kier molecular flexibility index (Phi) is 4.02. The molecule has 21 heavy (non-hydrogen) atoms. The summed E-state index contributed by atoms with van der Waals surface area (Å²) in [5.74, 6) is 0. The molecule has 0 saturated heterocycles. The third-order valence-corrected chi connectivity index (χ3v) is 4.47. The zero-order chi connectivity index (χ0) is 15.8. The van der Waals surface area contributed by atoms with Crippen LogP contribution in [0.2, 0.25) is 0 Å². The van der Waals surface area contributed by atoms with Crippen LogP contribution in [0.3, 0.4) is 0 Å². The first-order valence-corrected chi connectivity index (χ1v) is 7.97. The minimum Gasteiger partial charge on any atom is -0.375 e. The second-order valence-electron chi connectivity index (χ2n) is 7.31. The molecule has 4 heteroatoms. The summed E-state index contributed by atoms with van der Waals surface area (Å²) in [5, 5.41) is 3.39. The van der Waals surface area contributed by atoms with Gasteiger partial charge >= 0.3 is 0 Å². The van der Waals surface area contributed by atoms with E-state index in [-0.39, 0.29) is 16.6 Å². The molecule has 0 aliphatic heterocycles. The first-order valence-electron chi connectivity index (χ1n) is 7.20. The van der Waals surface area contributed by atoms with Gasteiger partial charge in [0.1, 0.15) is 5.69 Å². The number of benzene rings is 1. The fourth-order valence-corrected chi connectivity index (χ4v) is 3.19. The fourth-order valence-electron chi connectivity index (χ4n) is 2.09. The quantitative estimate of drug-likeness (QED) is 0.883. The van der Waals surface area contributed by atoms with E-state index in [0.717, 1.165) is 10.4 Å². The average molecular weight is 304 g/mol. The van der Waals surface area contributed by atoms with Crippen molar-refractivity contribution in [3.63, 3.8) is 0 Å². The largest absolute Gasteiger partial charge is 0.375 e. The van der Waals surface area contributed by atoms with Crippen molar-refractivity contribution in [1.29, 1.82) is 0 Å². The zero-order valence-corrected chi connectivity index (χ0v) is 14.5. The topological polar surface area (TPSA) is 34.0 Å². The molecular weight excluding hydrogens is 280 g/mol. The lowest BCUT2D eigenvalue weighted by Gasteiger charge is -2.22. The van der Waals surface area contributed by atoms with Crippen molar-refractivity contribution in [2.45, 2.75) is 52.6 Å². The lowest BCUT2D eigenvalue weighted by atomic mass is 10.1. The zero-order valence-electron chi connectivity index (χ0n) is 13.7. The average Bonchev–Trinajstić information content (AvgIpc) is 2.66. The number of anilines is 1. The Bertz CT molecular complexity index is 670. The van der Waals surface area contributed by atoms with Crippen molar-refractivity contribution in [3.8, 4) is 10.4 Å². The minimum atomic E-state index is -0.219. The fraction of sp³-hybridized carbons (Fsp3) is 0.471. The SMILES string of the molecule is CC(C)(C)Nc1c(-c2ccccc2)sn(C(C)(C)C)c1=O. The van der Waals surface area contributed by atoms with E-state index in [4.69, 9.17) is 0 Å². The Hall–Kier alpha value is -1.55. The first-order chi connectivity index (χ1) is 9.59. The number of nitrogens with one attached hydrogen (secondary N) is 1. The standard InChI is InChI=1S/C17H24N2OS/c1-16(2,3)18-13-14(12-10-8-7-9-11-12)21-19(15(13)20)17(4,5)6/h7-11,18H,1-6H3. The molecule has 1 aromatic heterocycles. The van der Waals surface area contributed by atoms with Crippen molar-refractivity contribution in [2.75, 3.05) is 5.32 Å². The monoisotopic (exact) mass is 304 g/mol. The molecule has 3 nitrogen and oxygen atoms in total. The van der Waals surface area contributed by atoms with E-state index < -0.39 is 0 Å². The van der Waals surface area contributed by atoms with Gasteiger partial charge in [-0.2, -0.15) is 0 Å². The second kappa shape index (κ2) is 5.34. The van der Waals surface area contributed by atoms with Gasteiger partial charge in [0.2, 0.25) is 0 Å². The highest BCUT2D eigenvalue weighted by atomic mass is 32.1. The van der Waals surface area contributed by atoms with Gasteiger partial charge in [0.05, 0.1) is 10.4 Å². The van der Waals surface area contributed by atoms with Crippen LogP contribution < -0.4 is 10.9 Å². The van der Waals surface area contributed by atoms with E-state index in [1.54, 1.807) is 0 Å². The van der Waals surface area contributed by atoms with Crippen molar-refractivity contribution in [1.82, 2.24) is 3.96 Å². The summed E-state index contributed by atoms with van der Waals surface area (Å²) in [6, 6.07) is 10.1. The van der Waals surface area contributed by atoms with Crippen molar-refractivity contribution < 1.29 is 0 Å². The highest BCUT2D eigenvalue weighted by Crippen LogP contribution is 2.34. The molecule has 0 unspecified atom stereocenters. The Morgan fingerprint density at radius 2 is 1.57 bits per heavy atom. The van der Waals surface area contributed by atoms with Gasteiger partial charge < -0.3 is 5.32 Å².